The first-order chi connectivity index (χ1) is 15.6. The van der Waals surface area contributed by atoms with E-state index in [0.717, 1.165) is 52.8 Å². The van der Waals surface area contributed by atoms with Crippen molar-refractivity contribution < 1.29 is 14.2 Å². The van der Waals surface area contributed by atoms with Crippen LogP contribution in [-0.4, -0.2) is 47.6 Å². The molecule has 8 nitrogen and oxygen atoms in total. The van der Waals surface area contributed by atoms with E-state index in [-0.39, 0.29) is 6.04 Å². The molecule has 0 saturated carbocycles. The molecule has 0 radical (unpaired) electrons. The summed E-state index contributed by atoms with van der Waals surface area (Å²) in [6.07, 6.45) is 4.33. The SMILES string of the molecule is COc1ccc(-n2ncc3c(N4CCc5cc(OC)c(OC)cc5C4C)ncnc32)cc1. The van der Waals surface area contributed by atoms with Crippen molar-refractivity contribution in [3.8, 4) is 22.9 Å². The topological polar surface area (TPSA) is 74.5 Å². The second kappa shape index (κ2) is 8.03. The predicted molar refractivity (Wildman–Crippen MR) is 122 cm³/mol. The Morgan fingerprint density at radius 3 is 2.41 bits per heavy atom. The zero-order valence-electron chi connectivity index (χ0n) is 18.6. The quantitative estimate of drug-likeness (QED) is 0.473. The summed E-state index contributed by atoms with van der Waals surface area (Å²) in [6.45, 7) is 3.02. The van der Waals surface area contributed by atoms with Gasteiger partial charge in [0.1, 0.15) is 17.9 Å². The van der Waals surface area contributed by atoms with Gasteiger partial charge < -0.3 is 19.1 Å². The molecule has 1 aliphatic heterocycles. The number of benzene rings is 2. The highest BCUT2D eigenvalue weighted by Crippen LogP contribution is 2.40. The highest BCUT2D eigenvalue weighted by molar-refractivity contribution is 5.88. The fourth-order valence-electron chi connectivity index (χ4n) is 4.41. The van der Waals surface area contributed by atoms with E-state index in [4.69, 9.17) is 14.2 Å². The van der Waals surface area contributed by atoms with Crippen molar-refractivity contribution in [2.75, 3.05) is 32.8 Å². The summed E-state index contributed by atoms with van der Waals surface area (Å²) in [5.74, 6) is 3.17. The monoisotopic (exact) mass is 431 g/mol. The predicted octanol–water partition coefficient (Wildman–Crippen LogP) is 3.97. The van der Waals surface area contributed by atoms with Crippen LogP contribution in [0.4, 0.5) is 5.82 Å². The van der Waals surface area contributed by atoms with Gasteiger partial charge in [0, 0.05) is 6.54 Å². The molecule has 8 heteroatoms. The standard InChI is InChI=1S/C24H25N5O3/c1-15-19-12-22(32-4)21(31-3)11-16(19)9-10-28(15)23-20-13-27-29(24(20)26-14-25-23)17-5-7-18(30-2)8-6-17/h5-8,11-15H,9-10H2,1-4H3. The van der Waals surface area contributed by atoms with Crippen molar-refractivity contribution >= 4 is 16.9 Å². The van der Waals surface area contributed by atoms with E-state index in [2.05, 4.69) is 39.0 Å². The number of hydrogen-bond acceptors (Lipinski definition) is 7. The Morgan fingerprint density at radius 1 is 0.938 bits per heavy atom. The minimum atomic E-state index is 0.112. The molecular formula is C24H25N5O3. The highest BCUT2D eigenvalue weighted by Gasteiger charge is 2.28. The first kappa shape index (κ1) is 20.1. The zero-order chi connectivity index (χ0) is 22.2. The van der Waals surface area contributed by atoms with Crippen LogP contribution in [-0.2, 0) is 6.42 Å². The summed E-state index contributed by atoms with van der Waals surface area (Å²) in [5, 5.41) is 5.52. The van der Waals surface area contributed by atoms with Crippen molar-refractivity contribution in [2.24, 2.45) is 0 Å². The molecule has 0 N–H and O–H groups in total. The third-order valence-corrected chi connectivity index (χ3v) is 6.12. The van der Waals surface area contributed by atoms with Gasteiger partial charge in [0.15, 0.2) is 17.1 Å². The lowest BCUT2D eigenvalue weighted by Gasteiger charge is -2.36. The van der Waals surface area contributed by atoms with Crippen LogP contribution in [0.1, 0.15) is 24.1 Å². The summed E-state index contributed by atoms with van der Waals surface area (Å²) in [7, 11) is 4.99. The number of methoxy groups -OCH3 is 3. The number of fused-ring (bicyclic) bond motifs is 2. The van der Waals surface area contributed by atoms with Crippen molar-refractivity contribution in [3.63, 3.8) is 0 Å². The molecule has 1 aliphatic rings. The second-order valence-corrected chi connectivity index (χ2v) is 7.71. The van der Waals surface area contributed by atoms with Crippen LogP contribution >= 0.6 is 0 Å². The van der Waals surface area contributed by atoms with E-state index in [1.807, 2.05) is 35.1 Å². The average Bonchev–Trinajstić information content (AvgIpc) is 3.28. The first-order valence-electron chi connectivity index (χ1n) is 10.5. The molecule has 0 aliphatic carbocycles. The summed E-state index contributed by atoms with van der Waals surface area (Å²) in [4.78, 5) is 11.5. The summed E-state index contributed by atoms with van der Waals surface area (Å²) >= 11 is 0. The molecule has 4 aromatic rings. The van der Waals surface area contributed by atoms with Gasteiger partial charge in [-0.15, -0.1) is 0 Å². The van der Waals surface area contributed by atoms with E-state index in [1.165, 1.54) is 11.1 Å². The van der Waals surface area contributed by atoms with Gasteiger partial charge >= 0.3 is 0 Å². The van der Waals surface area contributed by atoms with Gasteiger partial charge in [-0.2, -0.15) is 5.10 Å². The van der Waals surface area contributed by atoms with Crippen LogP contribution in [0.25, 0.3) is 16.7 Å². The Hall–Kier alpha value is -3.81. The average molecular weight is 431 g/mol. The molecule has 3 heterocycles. The van der Waals surface area contributed by atoms with E-state index < -0.39 is 0 Å². The maximum atomic E-state index is 5.54. The third-order valence-electron chi connectivity index (χ3n) is 6.12. The van der Waals surface area contributed by atoms with Gasteiger partial charge in [0.05, 0.1) is 44.6 Å². The molecule has 0 amide bonds. The molecule has 0 fully saturated rings. The van der Waals surface area contributed by atoms with E-state index in [9.17, 15) is 0 Å². The number of hydrogen-bond donors (Lipinski definition) is 0. The van der Waals surface area contributed by atoms with Crippen LogP contribution in [0.5, 0.6) is 17.2 Å². The number of aromatic nitrogens is 4. The second-order valence-electron chi connectivity index (χ2n) is 7.71. The van der Waals surface area contributed by atoms with Crippen LogP contribution in [0.3, 0.4) is 0 Å². The summed E-state index contributed by atoms with van der Waals surface area (Å²) in [6, 6.07) is 12.0. The van der Waals surface area contributed by atoms with E-state index in [0.29, 0.717) is 0 Å². The van der Waals surface area contributed by atoms with Crippen molar-refractivity contribution in [3.05, 3.63) is 60.0 Å². The lowest BCUT2D eigenvalue weighted by atomic mass is 9.92. The Kier molecular flexibility index (Phi) is 5.05. The Balaban J connectivity index is 1.55. The Labute approximate surface area is 186 Å². The summed E-state index contributed by atoms with van der Waals surface area (Å²) < 4.78 is 18.1. The van der Waals surface area contributed by atoms with Crippen molar-refractivity contribution in [1.29, 1.82) is 0 Å². The van der Waals surface area contributed by atoms with E-state index in [1.54, 1.807) is 27.7 Å². The van der Waals surface area contributed by atoms with Crippen LogP contribution in [0.15, 0.2) is 48.9 Å². The molecule has 1 atom stereocenters. The molecule has 2 aromatic heterocycles. The molecule has 164 valence electrons. The molecule has 0 saturated heterocycles. The number of ether oxygens (including phenoxy) is 3. The fraction of sp³-hybridized carbons (Fsp3) is 0.292. The zero-order valence-corrected chi connectivity index (χ0v) is 18.6. The normalized spacial score (nSPS) is 15.5. The van der Waals surface area contributed by atoms with Gasteiger partial charge in [0.2, 0.25) is 0 Å². The maximum Gasteiger partial charge on any atom is 0.168 e. The third kappa shape index (κ3) is 3.19. The van der Waals surface area contributed by atoms with Gasteiger partial charge in [-0.05, 0) is 60.9 Å². The number of anilines is 1. The maximum absolute atomic E-state index is 5.54. The van der Waals surface area contributed by atoms with Gasteiger partial charge in [0.25, 0.3) is 0 Å². The lowest BCUT2D eigenvalue weighted by Crippen LogP contribution is -2.34. The molecular weight excluding hydrogens is 406 g/mol. The highest BCUT2D eigenvalue weighted by atomic mass is 16.5. The van der Waals surface area contributed by atoms with Crippen molar-refractivity contribution in [1.82, 2.24) is 19.7 Å². The number of rotatable bonds is 5. The van der Waals surface area contributed by atoms with Crippen LogP contribution in [0, 0.1) is 0 Å². The summed E-state index contributed by atoms with van der Waals surface area (Å²) in [5.41, 5.74) is 4.17. The fourth-order valence-corrected chi connectivity index (χ4v) is 4.41. The van der Waals surface area contributed by atoms with E-state index >= 15 is 0 Å². The lowest BCUT2D eigenvalue weighted by molar-refractivity contribution is 0.353. The van der Waals surface area contributed by atoms with Gasteiger partial charge in [-0.1, -0.05) is 0 Å². The van der Waals surface area contributed by atoms with Crippen molar-refractivity contribution in [2.45, 2.75) is 19.4 Å². The minimum Gasteiger partial charge on any atom is -0.497 e. The molecule has 2 aromatic carbocycles. The number of nitrogens with zero attached hydrogens (tertiary/aromatic N) is 5. The van der Waals surface area contributed by atoms with Gasteiger partial charge in [-0.25, -0.2) is 14.6 Å². The molecule has 5 rings (SSSR count). The van der Waals surface area contributed by atoms with Gasteiger partial charge in [-0.3, -0.25) is 0 Å². The molecule has 1 unspecified atom stereocenters. The Morgan fingerprint density at radius 2 is 1.69 bits per heavy atom. The van der Waals surface area contributed by atoms with Crippen LogP contribution in [0.2, 0.25) is 0 Å². The minimum absolute atomic E-state index is 0.112. The first-order valence-corrected chi connectivity index (χ1v) is 10.5. The molecule has 0 spiro atoms. The smallest absolute Gasteiger partial charge is 0.168 e. The molecule has 32 heavy (non-hydrogen) atoms. The largest absolute Gasteiger partial charge is 0.497 e. The Bertz CT molecular complexity index is 1270. The van der Waals surface area contributed by atoms with Crippen LogP contribution < -0.4 is 19.1 Å². The molecule has 0 bridgehead atoms.